The Hall–Kier alpha value is -3.43. The molecular formula is C20H27N5O5. The molecule has 0 fully saturated rings. The Morgan fingerprint density at radius 1 is 1.17 bits per heavy atom. The Balaban J connectivity index is 1.68. The standard InChI is InChI=1S/C20H27N5O5/c1-13-18(25-12-6-4-7-16(25)23-13)19(28)22-11-5-2-3-8-17(27)24-14(20(29)30)9-10-15(21)26/h4,6-7,12,14H,2-3,5,8-11H2,1H3,(H2,21,26)(H,22,28)(H,24,27)(H,29,30). The second-order valence-electron chi connectivity index (χ2n) is 7.00. The highest BCUT2D eigenvalue weighted by atomic mass is 16.4. The first-order valence-electron chi connectivity index (χ1n) is 9.82. The van der Waals surface area contributed by atoms with Crippen molar-refractivity contribution in [2.45, 2.75) is 51.5 Å². The third-order valence-electron chi connectivity index (χ3n) is 4.60. The van der Waals surface area contributed by atoms with Crippen molar-refractivity contribution in [1.82, 2.24) is 20.0 Å². The molecule has 2 aromatic rings. The quantitative estimate of drug-likeness (QED) is 0.374. The highest BCUT2D eigenvalue weighted by Crippen LogP contribution is 2.11. The number of hydrogen-bond acceptors (Lipinski definition) is 5. The summed E-state index contributed by atoms with van der Waals surface area (Å²) in [5.41, 5.74) is 6.87. The van der Waals surface area contributed by atoms with Gasteiger partial charge in [-0.3, -0.25) is 18.8 Å². The molecular weight excluding hydrogens is 390 g/mol. The van der Waals surface area contributed by atoms with E-state index in [1.165, 1.54) is 0 Å². The minimum atomic E-state index is -1.20. The van der Waals surface area contributed by atoms with Crippen LogP contribution in [0.3, 0.4) is 0 Å². The van der Waals surface area contributed by atoms with Gasteiger partial charge in [-0.2, -0.15) is 0 Å². The Labute approximate surface area is 173 Å². The number of primary amides is 1. The molecule has 2 rings (SSSR count). The number of aromatic nitrogens is 2. The van der Waals surface area contributed by atoms with Crippen molar-refractivity contribution in [3.05, 3.63) is 35.8 Å². The lowest BCUT2D eigenvalue weighted by molar-refractivity contribution is -0.142. The van der Waals surface area contributed by atoms with E-state index in [9.17, 15) is 19.2 Å². The van der Waals surface area contributed by atoms with Crippen LogP contribution < -0.4 is 16.4 Å². The summed E-state index contributed by atoms with van der Waals surface area (Å²) in [6.07, 6.45) is 3.74. The Morgan fingerprint density at radius 3 is 2.63 bits per heavy atom. The number of carboxylic acid groups (broad SMARTS) is 1. The number of aliphatic carboxylic acids is 1. The summed E-state index contributed by atoms with van der Waals surface area (Å²) < 4.78 is 1.74. The minimum absolute atomic E-state index is 0.0366. The van der Waals surface area contributed by atoms with Crippen molar-refractivity contribution in [3.63, 3.8) is 0 Å². The van der Waals surface area contributed by atoms with Crippen LogP contribution in [0.5, 0.6) is 0 Å². The van der Waals surface area contributed by atoms with Crippen molar-refractivity contribution in [2.75, 3.05) is 6.54 Å². The van der Waals surface area contributed by atoms with Gasteiger partial charge in [0.05, 0.1) is 5.69 Å². The average Bonchev–Trinajstić information content (AvgIpc) is 3.02. The Kier molecular flexibility index (Phi) is 8.33. The second-order valence-corrected chi connectivity index (χ2v) is 7.00. The molecule has 0 aliphatic rings. The van der Waals surface area contributed by atoms with Gasteiger partial charge >= 0.3 is 5.97 Å². The summed E-state index contributed by atoms with van der Waals surface area (Å²) in [4.78, 5) is 50.6. The number of hydrogen-bond donors (Lipinski definition) is 4. The first-order valence-corrected chi connectivity index (χ1v) is 9.82. The van der Waals surface area contributed by atoms with Crippen LogP contribution >= 0.6 is 0 Å². The SMILES string of the molecule is Cc1nc2ccccn2c1C(=O)NCCCCCC(=O)NC(CCC(N)=O)C(=O)O. The van der Waals surface area contributed by atoms with Gasteiger partial charge in [0, 0.05) is 25.6 Å². The lowest BCUT2D eigenvalue weighted by Crippen LogP contribution is -2.41. The van der Waals surface area contributed by atoms with Crippen LogP contribution in [0.4, 0.5) is 0 Å². The summed E-state index contributed by atoms with van der Waals surface area (Å²) in [6, 6.07) is 4.39. The largest absolute Gasteiger partial charge is 0.480 e. The normalized spacial score (nSPS) is 11.8. The van der Waals surface area contributed by atoms with Gasteiger partial charge in [0.1, 0.15) is 17.4 Å². The van der Waals surface area contributed by atoms with Crippen molar-refractivity contribution >= 4 is 29.3 Å². The van der Waals surface area contributed by atoms with Gasteiger partial charge in [0.15, 0.2) is 0 Å². The second kappa shape index (κ2) is 10.9. The summed E-state index contributed by atoms with van der Waals surface area (Å²) in [6.45, 7) is 2.24. The number of carbonyl (C=O) groups excluding carboxylic acids is 3. The number of fused-ring (bicyclic) bond motifs is 1. The molecule has 1 unspecified atom stereocenters. The van der Waals surface area contributed by atoms with Crippen molar-refractivity contribution in [1.29, 1.82) is 0 Å². The fourth-order valence-electron chi connectivity index (χ4n) is 3.07. The van der Waals surface area contributed by atoms with Crippen LogP contribution in [0.1, 0.15) is 54.7 Å². The molecule has 0 aliphatic heterocycles. The van der Waals surface area contributed by atoms with Crippen LogP contribution in [-0.2, 0) is 14.4 Å². The molecule has 5 N–H and O–H groups in total. The van der Waals surface area contributed by atoms with Crippen molar-refractivity contribution in [3.8, 4) is 0 Å². The first kappa shape index (κ1) is 22.9. The van der Waals surface area contributed by atoms with E-state index in [0.29, 0.717) is 42.8 Å². The zero-order chi connectivity index (χ0) is 22.1. The molecule has 0 aliphatic carbocycles. The van der Waals surface area contributed by atoms with Crippen LogP contribution in [-0.4, -0.2) is 50.8 Å². The topological polar surface area (TPSA) is 156 Å². The van der Waals surface area contributed by atoms with E-state index in [2.05, 4.69) is 15.6 Å². The minimum Gasteiger partial charge on any atom is -0.480 e. The lowest BCUT2D eigenvalue weighted by Gasteiger charge is -2.13. The van der Waals surface area contributed by atoms with E-state index in [0.717, 1.165) is 0 Å². The molecule has 3 amide bonds. The predicted octanol–water partition coefficient (Wildman–Crippen LogP) is 0.768. The Morgan fingerprint density at radius 2 is 1.93 bits per heavy atom. The van der Waals surface area contributed by atoms with Crippen LogP contribution in [0.25, 0.3) is 5.65 Å². The van der Waals surface area contributed by atoms with E-state index in [1.54, 1.807) is 17.5 Å². The third kappa shape index (κ3) is 6.57. The monoisotopic (exact) mass is 417 g/mol. The number of rotatable bonds is 12. The highest BCUT2D eigenvalue weighted by Gasteiger charge is 2.20. The molecule has 10 heteroatoms. The number of amides is 3. The molecule has 0 saturated carbocycles. The Bertz CT molecular complexity index is 923. The van der Waals surface area contributed by atoms with Crippen LogP contribution in [0.15, 0.2) is 24.4 Å². The van der Waals surface area contributed by atoms with Gasteiger partial charge < -0.3 is 21.5 Å². The zero-order valence-corrected chi connectivity index (χ0v) is 16.9. The number of imidazole rings is 1. The summed E-state index contributed by atoms with van der Waals surface area (Å²) in [5, 5.41) is 14.3. The predicted molar refractivity (Wildman–Crippen MR) is 109 cm³/mol. The molecule has 0 spiro atoms. The van der Waals surface area contributed by atoms with Gasteiger partial charge in [0.2, 0.25) is 11.8 Å². The van der Waals surface area contributed by atoms with E-state index >= 15 is 0 Å². The molecule has 10 nitrogen and oxygen atoms in total. The molecule has 0 radical (unpaired) electrons. The van der Waals surface area contributed by atoms with Crippen molar-refractivity contribution < 1.29 is 24.3 Å². The van der Waals surface area contributed by atoms with E-state index in [4.69, 9.17) is 10.8 Å². The lowest BCUT2D eigenvalue weighted by atomic mass is 10.1. The van der Waals surface area contributed by atoms with Crippen molar-refractivity contribution in [2.24, 2.45) is 5.73 Å². The number of nitrogens with zero attached hydrogens (tertiary/aromatic N) is 2. The van der Waals surface area contributed by atoms with Gasteiger partial charge in [-0.1, -0.05) is 12.5 Å². The maximum atomic E-state index is 12.5. The maximum absolute atomic E-state index is 12.5. The number of nitrogens with one attached hydrogen (secondary N) is 2. The highest BCUT2D eigenvalue weighted by molar-refractivity contribution is 5.94. The van der Waals surface area contributed by atoms with E-state index in [-0.39, 0.29) is 25.2 Å². The zero-order valence-electron chi connectivity index (χ0n) is 16.9. The van der Waals surface area contributed by atoms with Gasteiger partial charge in [0.25, 0.3) is 5.91 Å². The molecule has 1 atom stereocenters. The first-order chi connectivity index (χ1) is 14.3. The summed E-state index contributed by atoms with van der Waals surface area (Å²) in [7, 11) is 0. The fourth-order valence-corrected chi connectivity index (χ4v) is 3.07. The average molecular weight is 417 g/mol. The molecule has 162 valence electrons. The molecule has 2 heterocycles. The molecule has 0 saturated heterocycles. The fraction of sp³-hybridized carbons (Fsp3) is 0.450. The van der Waals surface area contributed by atoms with E-state index in [1.807, 2.05) is 18.2 Å². The number of aryl methyl sites for hydroxylation is 1. The number of nitrogens with two attached hydrogens (primary N) is 1. The molecule has 0 bridgehead atoms. The van der Waals surface area contributed by atoms with E-state index < -0.39 is 23.8 Å². The molecule has 30 heavy (non-hydrogen) atoms. The third-order valence-corrected chi connectivity index (χ3v) is 4.60. The van der Waals surface area contributed by atoms with Gasteiger partial charge in [-0.25, -0.2) is 9.78 Å². The van der Waals surface area contributed by atoms with Gasteiger partial charge in [-0.05, 0) is 38.3 Å². The number of unbranched alkanes of at least 4 members (excludes halogenated alkanes) is 2. The molecule has 0 aromatic carbocycles. The maximum Gasteiger partial charge on any atom is 0.326 e. The van der Waals surface area contributed by atoms with Gasteiger partial charge in [-0.15, -0.1) is 0 Å². The summed E-state index contributed by atoms with van der Waals surface area (Å²) in [5.74, 6) is -2.41. The van der Waals surface area contributed by atoms with Crippen LogP contribution in [0, 0.1) is 6.92 Å². The molecule has 2 aromatic heterocycles. The number of pyridine rings is 1. The number of carbonyl (C=O) groups is 4. The smallest absolute Gasteiger partial charge is 0.326 e. The number of carboxylic acids is 1. The summed E-state index contributed by atoms with van der Waals surface area (Å²) >= 11 is 0. The van der Waals surface area contributed by atoms with Crippen LogP contribution in [0.2, 0.25) is 0 Å².